The number of halogens is 1. The standard InChI is InChI=1S/C26H32FN5O2/c1-2-3-4-5-18-34-24-12-6-21(7-13-24)20-32-26(33)29-25(19-28-32)31-16-14-30(15-17-31)23-10-8-22(27)9-11-23/h6-13,19H,2-5,14-18,20H2,1H3. The Morgan fingerprint density at radius 3 is 2.29 bits per heavy atom. The van der Waals surface area contributed by atoms with Crippen molar-refractivity contribution in [3.8, 4) is 5.75 Å². The van der Waals surface area contributed by atoms with Crippen molar-refractivity contribution in [2.75, 3.05) is 42.6 Å². The van der Waals surface area contributed by atoms with Crippen LogP contribution in [0.4, 0.5) is 15.9 Å². The molecule has 7 nitrogen and oxygen atoms in total. The minimum absolute atomic E-state index is 0.236. The van der Waals surface area contributed by atoms with Crippen LogP contribution >= 0.6 is 0 Å². The summed E-state index contributed by atoms with van der Waals surface area (Å²) in [6.45, 7) is 6.25. The molecule has 180 valence electrons. The Kier molecular flexibility index (Phi) is 8.12. The molecule has 1 aliphatic rings. The number of rotatable bonds is 10. The smallest absolute Gasteiger partial charge is 0.366 e. The summed E-state index contributed by atoms with van der Waals surface area (Å²) in [6, 6.07) is 14.3. The van der Waals surface area contributed by atoms with Gasteiger partial charge in [0.15, 0.2) is 5.82 Å². The van der Waals surface area contributed by atoms with Gasteiger partial charge in [-0.2, -0.15) is 10.1 Å². The number of piperazine rings is 1. The van der Waals surface area contributed by atoms with Gasteiger partial charge in [0.2, 0.25) is 0 Å². The van der Waals surface area contributed by atoms with Gasteiger partial charge in [-0.3, -0.25) is 0 Å². The second-order valence-electron chi connectivity index (χ2n) is 8.56. The third kappa shape index (κ3) is 6.34. The Balaban J connectivity index is 1.29. The SMILES string of the molecule is CCCCCCOc1ccc(Cn2ncc(N3CCN(c4ccc(F)cc4)CC3)nc2=O)cc1. The first kappa shape index (κ1) is 23.7. The molecule has 3 aromatic rings. The van der Waals surface area contributed by atoms with Gasteiger partial charge in [0.05, 0.1) is 19.3 Å². The van der Waals surface area contributed by atoms with Crippen molar-refractivity contribution < 1.29 is 9.13 Å². The number of benzene rings is 2. The van der Waals surface area contributed by atoms with Crippen molar-refractivity contribution in [2.24, 2.45) is 0 Å². The highest BCUT2D eigenvalue weighted by Crippen LogP contribution is 2.19. The molecule has 0 spiro atoms. The Labute approximate surface area is 199 Å². The van der Waals surface area contributed by atoms with Gasteiger partial charge in [-0.25, -0.2) is 13.9 Å². The molecule has 1 fully saturated rings. The van der Waals surface area contributed by atoms with Crippen LogP contribution in [-0.4, -0.2) is 47.6 Å². The van der Waals surface area contributed by atoms with Crippen LogP contribution in [-0.2, 0) is 6.54 Å². The lowest BCUT2D eigenvalue weighted by Crippen LogP contribution is -2.47. The summed E-state index contributed by atoms with van der Waals surface area (Å²) < 4.78 is 20.3. The Morgan fingerprint density at radius 1 is 0.912 bits per heavy atom. The van der Waals surface area contributed by atoms with E-state index < -0.39 is 0 Å². The molecule has 8 heteroatoms. The van der Waals surface area contributed by atoms with Crippen LogP contribution in [0.5, 0.6) is 5.75 Å². The van der Waals surface area contributed by atoms with Crippen LogP contribution in [0, 0.1) is 5.82 Å². The fourth-order valence-electron chi connectivity index (χ4n) is 4.04. The van der Waals surface area contributed by atoms with E-state index >= 15 is 0 Å². The highest BCUT2D eigenvalue weighted by atomic mass is 19.1. The van der Waals surface area contributed by atoms with Crippen LogP contribution in [0.15, 0.2) is 59.5 Å². The summed E-state index contributed by atoms with van der Waals surface area (Å²) >= 11 is 0. The molecule has 0 unspecified atom stereocenters. The maximum atomic E-state index is 13.2. The van der Waals surface area contributed by atoms with Crippen molar-refractivity contribution in [3.63, 3.8) is 0 Å². The van der Waals surface area contributed by atoms with E-state index in [4.69, 9.17) is 4.74 Å². The van der Waals surface area contributed by atoms with Crippen molar-refractivity contribution in [2.45, 2.75) is 39.2 Å². The molecule has 0 saturated carbocycles. The molecule has 0 N–H and O–H groups in total. The van der Waals surface area contributed by atoms with Gasteiger partial charge in [-0.05, 0) is 48.4 Å². The average Bonchev–Trinajstić information content (AvgIpc) is 2.87. The molecule has 1 saturated heterocycles. The van der Waals surface area contributed by atoms with E-state index in [-0.39, 0.29) is 11.5 Å². The molecule has 0 radical (unpaired) electrons. The lowest BCUT2D eigenvalue weighted by atomic mass is 10.2. The Morgan fingerprint density at radius 2 is 1.62 bits per heavy atom. The lowest BCUT2D eigenvalue weighted by molar-refractivity contribution is 0.305. The maximum Gasteiger partial charge on any atom is 0.366 e. The van der Waals surface area contributed by atoms with Crippen LogP contribution < -0.4 is 20.2 Å². The zero-order valence-corrected chi connectivity index (χ0v) is 19.7. The average molecular weight is 466 g/mol. The minimum Gasteiger partial charge on any atom is -0.494 e. The number of unbranched alkanes of at least 4 members (excludes halogenated alkanes) is 3. The van der Waals surface area contributed by atoms with Gasteiger partial charge in [0, 0.05) is 31.9 Å². The van der Waals surface area contributed by atoms with E-state index in [9.17, 15) is 9.18 Å². The Hall–Kier alpha value is -3.42. The van der Waals surface area contributed by atoms with Crippen molar-refractivity contribution in [3.05, 3.63) is 76.6 Å². The number of aromatic nitrogens is 3. The van der Waals surface area contributed by atoms with Gasteiger partial charge in [0.1, 0.15) is 11.6 Å². The summed E-state index contributed by atoms with van der Waals surface area (Å²) in [7, 11) is 0. The normalized spacial score (nSPS) is 13.8. The molecule has 0 amide bonds. The molecular weight excluding hydrogens is 433 g/mol. The first-order chi connectivity index (χ1) is 16.6. The van der Waals surface area contributed by atoms with Gasteiger partial charge < -0.3 is 14.5 Å². The number of hydrogen-bond donors (Lipinski definition) is 0. The third-order valence-corrected chi connectivity index (χ3v) is 6.06. The maximum absolute atomic E-state index is 13.2. The van der Waals surface area contributed by atoms with E-state index in [1.165, 1.54) is 36.1 Å². The van der Waals surface area contributed by atoms with Crippen LogP contribution in [0.25, 0.3) is 0 Å². The van der Waals surface area contributed by atoms with Crippen molar-refractivity contribution >= 4 is 11.5 Å². The van der Waals surface area contributed by atoms with Crippen LogP contribution in [0.2, 0.25) is 0 Å². The fourth-order valence-corrected chi connectivity index (χ4v) is 4.04. The number of ether oxygens (including phenoxy) is 1. The van der Waals surface area contributed by atoms with E-state index in [1.54, 1.807) is 18.3 Å². The first-order valence-electron chi connectivity index (χ1n) is 12.0. The molecule has 0 bridgehead atoms. The summed E-state index contributed by atoms with van der Waals surface area (Å²) in [4.78, 5) is 21.1. The quantitative estimate of drug-likeness (QED) is 0.420. The summed E-state index contributed by atoms with van der Waals surface area (Å²) in [5, 5.41) is 4.35. The van der Waals surface area contributed by atoms with Gasteiger partial charge >= 0.3 is 5.69 Å². The summed E-state index contributed by atoms with van der Waals surface area (Å²) in [5.74, 6) is 1.20. The molecule has 0 atom stereocenters. The Bertz CT molecular complexity index is 1090. The molecule has 2 heterocycles. The first-order valence-corrected chi connectivity index (χ1v) is 12.0. The minimum atomic E-state index is -0.366. The lowest BCUT2D eigenvalue weighted by Gasteiger charge is -2.36. The summed E-state index contributed by atoms with van der Waals surface area (Å²) in [5.41, 5.74) is 1.60. The fraction of sp³-hybridized carbons (Fsp3) is 0.423. The van der Waals surface area contributed by atoms with Crippen molar-refractivity contribution in [1.29, 1.82) is 0 Å². The number of hydrogen-bond acceptors (Lipinski definition) is 6. The van der Waals surface area contributed by atoms with E-state index in [0.717, 1.165) is 56.2 Å². The molecule has 1 aliphatic heterocycles. The van der Waals surface area contributed by atoms with E-state index in [1.807, 2.05) is 24.3 Å². The van der Waals surface area contributed by atoms with E-state index in [0.29, 0.717) is 12.4 Å². The highest BCUT2D eigenvalue weighted by Gasteiger charge is 2.19. The predicted octanol–water partition coefficient (Wildman–Crippen LogP) is 4.11. The zero-order chi connectivity index (χ0) is 23.8. The van der Waals surface area contributed by atoms with Crippen LogP contribution in [0.1, 0.15) is 38.2 Å². The van der Waals surface area contributed by atoms with Crippen molar-refractivity contribution in [1.82, 2.24) is 14.8 Å². The number of nitrogens with zero attached hydrogens (tertiary/aromatic N) is 5. The van der Waals surface area contributed by atoms with Gasteiger partial charge in [-0.1, -0.05) is 38.3 Å². The second-order valence-corrected chi connectivity index (χ2v) is 8.56. The molecule has 4 rings (SSSR count). The third-order valence-electron chi connectivity index (χ3n) is 6.06. The zero-order valence-electron chi connectivity index (χ0n) is 19.7. The molecule has 1 aromatic heterocycles. The predicted molar refractivity (Wildman–Crippen MR) is 132 cm³/mol. The molecular formula is C26H32FN5O2. The highest BCUT2D eigenvalue weighted by molar-refractivity contribution is 5.49. The van der Waals surface area contributed by atoms with Gasteiger partial charge in [-0.15, -0.1) is 0 Å². The molecule has 2 aromatic carbocycles. The topological polar surface area (TPSA) is 63.5 Å². The summed E-state index contributed by atoms with van der Waals surface area (Å²) in [6.07, 6.45) is 6.36. The van der Waals surface area contributed by atoms with Gasteiger partial charge in [0.25, 0.3) is 0 Å². The largest absolute Gasteiger partial charge is 0.494 e. The van der Waals surface area contributed by atoms with E-state index in [2.05, 4.69) is 26.8 Å². The monoisotopic (exact) mass is 465 g/mol. The van der Waals surface area contributed by atoms with Crippen LogP contribution in [0.3, 0.4) is 0 Å². The molecule has 34 heavy (non-hydrogen) atoms. The number of anilines is 2. The second kappa shape index (κ2) is 11.6. The molecule has 0 aliphatic carbocycles.